The number of sulfonamides is 1. The minimum absolute atomic E-state index is 0.0856. The van der Waals surface area contributed by atoms with Gasteiger partial charge in [0.15, 0.2) is 0 Å². The number of aromatic nitrogens is 2. The molecular weight excluding hydrogens is 292 g/mol. The van der Waals surface area contributed by atoms with Gasteiger partial charge in [-0.15, -0.1) is 10.2 Å². The monoisotopic (exact) mass is 306 g/mol. The maximum Gasteiger partial charge on any atom is 0.291 e. The number of hydrogen-bond acceptors (Lipinski definition) is 7. The largest absolute Gasteiger partial charge is 0.301 e. The summed E-state index contributed by atoms with van der Waals surface area (Å²) >= 11 is 0.766. The lowest BCUT2D eigenvalue weighted by molar-refractivity contribution is -0.114. The molecule has 1 saturated carbocycles. The molecule has 0 aliphatic heterocycles. The van der Waals surface area contributed by atoms with Crippen molar-refractivity contribution in [2.24, 2.45) is 0 Å². The predicted molar refractivity (Wildman–Crippen MR) is 67.9 cm³/mol. The fourth-order valence-electron chi connectivity index (χ4n) is 1.69. The molecule has 0 bridgehead atoms. The van der Waals surface area contributed by atoms with E-state index in [1.54, 1.807) is 0 Å². The molecule has 2 rings (SSSR count). The molecule has 0 aromatic carbocycles. The van der Waals surface area contributed by atoms with Gasteiger partial charge in [-0.25, -0.2) is 8.42 Å². The molecule has 1 aliphatic carbocycles. The van der Waals surface area contributed by atoms with Crippen molar-refractivity contribution in [3.05, 3.63) is 0 Å². The van der Waals surface area contributed by atoms with Gasteiger partial charge in [0.2, 0.25) is 11.0 Å². The van der Waals surface area contributed by atoms with E-state index in [1.165, 1.54) is 6.92 Å². The summed E-state index contributed by atoms with van der Waals surface area (Å²) in [4.78, 5) is 18.0. The number of anilines is 1. The zero-order valence-electron chi connectivity index (χ0n) is 10.2. The van der Waals surface area contributed by atoms with Crippen LogP contribution < -0.4 is 10.2 Å². The quantitative estimate of drug-likeness (QED) is 0.610. The van der Waals surface area contributed by atoms with Crippen LogP contribution in [0, 0.1) is 0 Å². The second-order valence-electron chi connectivity index (χ2n) is 4.17. The molecule has 8 nitrogen and oxygen atoms in total. The summed E-state index contributed by atoms with van der Waals surface area (Å²) < 4.78 is 23.5. The van der Waals surface area contributed by atoms with E-state index in [4.69, 9.17) is 4.84 Å². The van der Waals surface area contributed by atoms with Crippen LogP contribution in [-0.4, -0.2) is 30.6 Å². The van der Waals surface area contributed by atoms with E-state index < -0.39 is 10.0 Å². The lowest BCUT2D eigenvalue weighted by atomic mass is 10.3. The lowest BCUT2D eigenvalue weighted by Gasteiger charge is -2.09. The summed E-state index contributed by atoms with van der Waals surface area (Å²) in [5, 5.41) is 9.57. The van der Waals surface area contributed by atoms with Crippen molar-refractivity contribution in [3.63, 3.8) is 0 Å². The van der Waals surface area contributed by atoms with Crippen LogP contribution in [0.5, 0.6) is 0 Å². The van der Waals surface area contributed by atoms with Gasteiger partial charge in [0.05, 0.1) is 6.10 Å². The van der Waals surface area contributed by atoms with Crippen LogP contribution in [0.4, 0.5) is 5.13 Å². The summed E-state index contributed by atoms with van der Waals surface area (Å²) in [6.45, 7) is 1.30. The molecule has 0 unspecified atom stereocenters. The number of rotatable bonds is 5. The van der Waals surface area contributed by atoms with E-state index in [1.807, 2.05) is 0 Å². The molecule has 106 valence electrons. The molecule has 2 N–H and O–H groups in total. The van der Waals surface area contributed by atoms with Crippen LogP contribution in [0.15, 0.2) is 4.34 Å². The molecule has 0 saturated heterocycles. The third-order valence-electron chi connectivity index (χ3n) is 2.55. The van der Waals surface area contributed by atoms with Gasteiger partial charge in [-0.05, 0) is 12.8 Å². The molecule has 1 aromatic rings. The van der Waals surface area contributed by atoms with E-state index in [2.05, 4.69) is 20.4 Å². The maximum atomic E-state index is 11.8. The van der Waals surface area contributed by atoms with Crippen LogP contribution in [0.25, 0.3) is 0 Å². The van der Waals surface area contributed by atoms with Gasteiger partial charge < -0.3 is 5.32 Å². The fourth-order valence-corrected chi connectivity index (χ4v) is 3.48. The zero-order valence-corrected chi connectivity index (χ0v) is 11.9. The SMILES string of the molecule is CC(=O)Nc1nnc(S(=O)(=O)NOC2CCCC2)s1. The van der Waals surface area contributed by atoms with Gasteiger partial charge >= 0.3 is 0 Å². The number of carbonyl (C=O) groups excluding carboxylic acids is 1. The molecular formula is C9H14N4O4S2. The Kier molecular flexibility index (Phi) is 4.45. The molecule has 0 atom stereocenters. The van der Waals surface area contributed by atoms with Crippen molar-refractivity contribution < 1.29 is 18.0 Å². The average Bonchev–Trinajstić information content (AvgIpc) is 2.96. The second kappa shape index (κ2) is 5.90. The third-order valence-corrected chi connectivity index (χ3v) is 4.94. The van der Waals surface area contributed by atoms with Crippen molar-refractivity contribution in [1.82, 2.24) is 15.1 Å². The van der Waals surface area contributed by atoms with Gasteiger partial charge in [0.25, 0.3) is 14.4 Å². The number of nitrogens with zero attached hydrogens (tertiary/aromatic N) is 2. The first-order chi connectivity index (χ1) is 8.97. The average molecular weight is 306 g/mol. The highest BCUT2D eigenvalue weighted by atomic mass is 32.2. The highest BCUT2D eigenvalue weighted by Crippen LogP contribution is 2.22. The van der Waals surface area contributed by atoms with Crippen LogP contribution in [0.3, 0.4) is 0 Å². The van der Waals surface area contributed by atoms with Crippen molar-refractivity contribution >= 4 is 32.4 Å². The second-order valence-corrected chi connectivity index (χ2v) is 6.96. The van der Waals surface area contributed by atoms with Gasteiger partial charge in [-0.2, -0.15) is 0 Å². The summed E-state index contributed by atoms with van der Waals surface area (Å²) in [5.74, 6) is -0.338. The molecule has 1 heterocycles. The Balaban J connectivity index is 1.98. The van der Waals surface area contributed by atoms with Crippen LogP contribution >= 0.6 is 11.3 Å². The van der Waals surface area contributed by atoms with Crippen molar-refractivity contribution in [3.8, 4) is 0 Å². The summed E-state index contributed by atoms with van der Waals surface area (Å²) in [6, 6.07) is 0. The van der Waals surface area contributed by atoms with Gasteiger partial charge in [-0.3, -0.25) is 9.63 Å². The first-order valence-corrected chi connectivity index (χ1v) is 8.06. The number of amides is 1. The summed E-state index contributed by atoms with van der Waals surface area (Å²) in [6.07, 6.45) is 3.68. The summed E-state index contributed by atoms with van der Waals surface area (Å²) in [5.41, 5.74) is 0. The molecule has 1 aliphatic rings. The van der Waals surface area contributed by atoms with Crippen molar-refractivity contribution in [1.29, 1.82) is 0 Å². The predicted octanol–water partition coefficient (Wildman–Crippen LogP) is 0.649. The smallest absolute Gasteiger partial charge is 0.291 e. The van der Waals surface area contributed by atoms with Crippen LogP contribution in [-0.2, 0) is 19.7 Å². The van der Waals surface area contributed by atoms with Gasteiger partial charge in [0, 0.05) is 6.92 Å². The normalized spacial score (nSPS) is 16.7. The highest BCUT2D eigenvalue weighted by Gasteiger charge is 2.24. The molecule has 0 radical (unpaired) electrons. The molecule has 10 heteroatoms. The first-order valence-electron chi connectivity index (χ1n) is 5.76. The van der Waals surface area contributed by atoms with Crippen molar-refractivity contribution in [2.45, 2.75) is 43.1 Å². The van der Waals surface area contributed by atoms with E-state index in [-0.39, 0.29) is 21.5 Å². The Labute approximate surface area is 114 Å². The van der Waals surface area contributed by atoms with E-state index in [0.29, 0.717) is 0 Å². The fraction of sp³-hybridized carbons (Fsp3) is 0.667. The Morgan fingerprint density at radius 1 is 1.37 bits per heavy atom. The molecule has 0 spiro atoms. The number of nitrogens with one attached hydrogen (secondary N) is 2. The van der Waals surface area contributed by atoms with Crippen LogP contribution in [0.2, 0.25) is 0 Å². The molecule has 19 heavy (non-hydrogen) atoms. The lowest BCUT2D eigenvalue weighted by Crippen LogP contribution is -2.28. The molecule has 1 aromatic heterocycles. The standard InChI is InChI=1S/C9H14N4O4S2/c1-6(14)10-8-11-12-9(18-8)19(15,16)13-17-7-4-2-3-5-7/h7,13H,2-5H2,1H3,(H,10,11,14). The van der Waals surface area contributed by atoms with Crippen molar-refractivity contribution in [2.75, 3.05) is 5.32 Å². The topological polar surface area (TPSA) is 110 Å². The number of hydrogen-bond donors (Lipinski definition) is 2. The van der Waals surface area contributed by atoms with Gasteiger partial charge in [-0.1, -0.05) is 29.1 Å². The highest BCUT2D eigenvalue weighted by molar-refractivity contribution is 7.91. The Morgan fingerprint density at radius 2 is 2.05 bits per heavy atom. The summed E-state index contributed by atoms with van der Waals surface area (Å²) in [7, 11) is -3.84. The molecule has 1 amide bonds. The molecule has 1 fully saturated rings. The Bertz CT molecular complexity index is 550. The minimum atomic E-state index is -3.84. The third kappa shape index (κ3) is 3.93. The van der Waals surface area contributed by atoms with E-state index >= 15 is 0 Å². The zero-order chi connectivity index (χ0) is 13.9. The van der Waals surface area contributed by atoms with E-state index in [9.17, 15) is 13.2 Å². The minimum Gasteiger partial charge on any atom is -0.301 e. The Morgan fingerprint density at radius 3 is 2.68 bits per heavy atom. The van der Waals surface area contributed by atoms with E-state index in [0.717, 1.165) is 37.0 Å². The number of carbonyl (C=O) groups is 1. The van der Waals surface area contributed by atoms with Crippen LogP contribution in [0.1, 0.15) is 32.6 Å². The maximum absolute atomic E-state index is 11.8. The Hall–Kier alpha value is -1.10. The van der Waals surface area contributed by atoms with Gasteiger partial charge in [0.1, 0.15) is 0 Å². The first kappa shape index (κ1) is 14.3.